The van der Waals surface area contributed by atoms with Gasteiger partial charge in [0.15, 0.2) is 11.5 Å². The lowest BCUT2D eigenvalue weighted by molar-refractivity contribution is -0.125. The van der Waals surface area contributed by atoms with Gasteiger partial charge in [-0.2, -0.15) is 0 Å². The lowest BCUT2D eigenvalue weighted by Gasteiger charge is -2.31. The summed E-state index contributed by atoms with van der Waals surface area (Å²) in [7, 11) is 4.69. The highest BCUT2D eigenvalue weighted by molar-refractivity contribution is 8.00. The summed E-state index contributed by atoms with van der Waals surface area (Å²) in [5, 5.41) is 5.67. The van der Waals surface area contributed by atoms with E-state index in [1.165, 1.54) is 18.9 Å². The van der Waals surface area contributed by atoms with Crippen LogP contribution in [0.15, 0.2) is 42.5 Å². The molecule has 2 atom stereocenters. The zero-order valence-corrected chi connectivity index (χ0v) is 18.4. The Bertz CT molecular complexity index is 909. The average molecular weight is 447 g/mol. The summed E-state index contributed by atoms with van der Waals surface area (Å²) in [6.45, 7) is 0. The van der Waals surface area contributed by atoms with E-state index >= 15 is 0 Å². The summed E-state index contributed by atoms with van der Waals surface area (Å²) in [4.78, 5) is 24.7. The second-order valence-corrected chi connectivity index (χ2v) is 7.80. The third kappa shape index (κ3) is 6.27. The molecule has 1 aliphatic heterocycles. The van der Waals surface area contributed by atoms with Crippen molar-refractivity contribution < 1.29 is 23.8 Å². The number of benzene rings is 2. The summed E-state index contributed by atoms with van der Waals surface area (Å²) in [5.41, 5.74) is 7.24. The molecule has 2 amide bonds. The lowest BCUT2D eigenvalue weighted by Crippen LogP contribution is -2.64. The molecule has 0 aliphatic carbocycles. The number of methoxy groups -OCH3 is 3. The SMILES string of the molecule is COc1ccc(CC2NNC(SCC(=O)Nc3ccc(OC)c(OC)c3)NC2=O)cc1. The topological polar surface area (TPSA) is 110 Å². The summed E-state index contributed by atoms with van der Waals surface area (Å²) >= 11 is 1.27. The van der Waals surface area contributed by atoms with Gasteiger partial charge in [-0.05, 0) is 36.2 Å². The highest BCUT2D eigenvalue weighted by atomic mass is 32.2. The van der Waals surface area contributed by atoms with Crippen LogP contribution < -0.4 is 35.7 Å². The van der Waals surface area contributed by atoms with Crippen molar-refractivity contribution in [2.45, 2.75) is 18.0 Å². The van der Waals surface area contributed by atoms with Crippen LogP contribution in [0.1, 0.15) is 5.56 Å². The predicted octanol–water partition coefficient (Wildman–Crippen LogP) is 1.50. The quantitative estimate of drug-likeness (QED) is 0.459. The molecule has 9 nitrogen and oxygen atoms in total. The highest BCUT2D eigenvalue weighted by Gasteiger charge is 2.27. The van der Waals surface area contributed by atoms with Gasteiger partial charge in [-0.15, -0.1) is 11.8 Å². The number of hydrogen-bond donors (Lipinski definition) is 4. The molecule has 3 rings (SSSR count). The third-order valence-electron chi connectivity index (χ3n) is 4.63. The summed E-state index contributed by atoms with van der Waals surface area (Å²) in [6.07, 6.45) is 0.528. The number of rotatable bonds is 9. The van der Waals surface area contributed by atoms with Gasteiger partial charge in [0, 0.05) is 11.8 Å². The zero-order chi connectivity index (χ0) is 22.2. The van der Waals surface area contributed by atoms with Gasteiger partial charge in [-0.3, -0.25) is 9.59 Å². The van der Waals surface area contributed by atoms with Crippen LogP contribution in [0, 0.1) is 0 Å². The summed E-state index contributed by atoms with van der Waals surface area (Å²) in [6, 6.07) is 12.3. The number of hydrazine groups is 1. The molecule has 2 aromatic rings. The Labute approximate surface area is 185 Å². The van der Waals surface area contributed by atoms with Gasteiger partial charge in [-0.25, -0.2) is 10.9 Å². The molecule has 2 aromatic carbocycles. The maximum atomic E-state index is 12.4. The predicted molar refractivity (Wildman–Crippen MR) is 119 cm³/mol. The number of thioether (sulfide) groups is 1. The van der Waals surface area contributed by atoms with Gasteiger partial charge in [-0.1, -0.05) is 12.1 Å². The Balaban J connectivity index is 1.44. The van der Waals surface area contributed by atoms with Crippen LogP contribution in [-0.4, -0.2) is 50.4 Å². The van der Waals surface area contributed by atoms with E-state index < -0.39 is 11.5 Å². The van der Waals surface area contributed by atoms with Crippen LogP contribution in [0.3, 0.4) is 0 Å². The zero-order valence-electron chi connectivity index (χ0n) is 17.6. The number of nitrogens with one attached hydrogen (secondary N) is 4. The molecule has 1 aliphatic rings. The van der Waals surface area contributed by atoms with Gasteiger partial charge in [0.05, 0.1) is 27.1 Å². The first-order chi connectivity index (χ1) is 15.0. The van der Waals surface area contributed by atoms with E-state index in [4.69, 9.17) is 14.2 Å². The first kappa shape index (κ1) is 22.7. The van der Waals surface area contributed by atoms with Gasteiger partial charge < -0.3 is 24.8 Å². The fraction of sp³-hybridized carbons (Fsp3) is 0.333. The van der Waals surface area contributed by atoms with Crippen LogP contribution in [0.2, 0.25) is 0 Å². The Hall–Kier alpha value is -2.95. The van der Waals surface area contributed by atoms with Crippen LogP contribution in [-0.2, 0) is 16.0 Å². The van der Waals surface area contributed by atoms with Crippen LogP contribution in [0.25, 0.3) is 0 Å². The molecule has 166 valence electrons. The third-order valence-corrected chi connectivity index (χ3v) is 5.62. The van der Waals surface area contributed by atoms with Crippen molar-refractivity contribution in [3.05, 3.63) is 48.0 Å². The lowest BCUT2D eigenvalue weighted by atomic mass is 10.1. The van der Waals surface area contributed by atoms with Gasteiger partial charge in [0.25, 0.3) is 0 Å². The molecular weight excluding hydrogens is 420 g/mol. The maximum Gasteiger partial charge on any atom is 0.240 e. The Kier molecular flexibility index (Phi) is 7.99. The first-order valence-corrected chi connectivity index (χ1v) is 10.6. The molecule has 0 saturated carbocycles. The minimum absolute atomic E-state index is 0.132. The van der Waals surface area contributed by atoms with E-state index in [1.54, 1.807) is 32.4 Å². The number of carbonyl (C=O) groups excluding carboxylic acids is 2. The molecule has 2 unspecified atom stereocenters. The number of hydrogen-bond acceptors (Lipinski definition) is 8. The van der Waals surface area contributed by atoms with E-state index in [-0.39, 0.29) is 17.6 Å². The smallest absolute Gasteiger partial charge is 0.240 e. The molecular formula is C21H26N4O5S. The van der Waals surface area contributed by atoms with Gasteiger partial charge >= 0.3 is 0 Å². The summed E-state index contributed by atoms with van der Waals surface area (Å²) in [5.74, 6) is 1.70. The van der Waals surface area contributed by atoms with Crippen molar-refractivity contribution in [2.24, 2.45) is 0 Å². The van der Waals surface area contributed by atoms with Crippen molar-refractivity contribution >= 4 is 29.3 Å². The van der Waals surface area contributed by atoms with E-state index in [2.05, 4.69) is 21.5 Å². The number of anilines is 1. The van der Waals surface area contributed by atoms with Crippen molar-refractivity contribution in [1.29, 1.82) is 0 Å². The number of carbonyl (C=O) groups is 2. The van der Waals surface area contributed by atoms with Gasteiger partial charge in [0.2, 0.25) is 11.8 Å². The second-order valence-electron chi connectivity index (χ2n) is 6.71. The Morgan fingerprint density at radius 1 is 1.00 bits per heavy atom. The highest BCUT2D eigenvalue weighted by Crippen LogP contribution is 2.29. The van der Waals surface area contributed by atoms with Crippen molar-refractivity contribution in [2.75, 3.05) is 32.4 Å². The van der Waals surface area contributed by atoms with Crippen molar-refractivity contribution in [3.8, 4) is 17.2 Å². The average Bonchev–Trinajstić information content (AvgIpc) is 2.79. The van der Waals surface area contributed by atoms with Crippen molar-refractivity contribution in [1.82, 2.24) is 16.2 Å². The Morgan fingerprint density at radius 2 is 1.74 bits per heavy atom. The molecule has 1 saturated heterocycles. The molecule has 0 aromatic heterocycles. The molecule has 0 radical (unpaired) electrons. The van der Waals surface area contributed by atoms with E-state index in [0.29, 0.717) is 23.6 Å². The summed E-state index contributed by atoms with van der Waals surface area (Å²) < 4.78 is 15.6. The standard InChI is InChI=1S/C21H26N4O5S/c1-28-15-7-4-13(5-8-15)10-16-20(27)23-21(25-24-16)31-12-19(26)22-14-6-9-17(29-2)18(11-14)30-3/h4-9,11,16,21,24-25H,10,12H2,1-3H3,(H,22,26)(H,23,27). The van der Waals surface area contributed by atoms with Crippen LogP contribution in [0.5, 0.6) is 17.2 Å². The minimum atomic E-state index is -0.421. The van der Waals surface area contributed by atoms with E-state index in [0.717, 1.165) is 11.3 Å². The number of amides is 2. The minimum Gasteiger partial charge on any atom is -0.497 e. The molecule has 0 spiro atoms. The second kappa shape index (κ2) is 10.9. The molecule has 10 heteroatoms. The van der Waals surface area contributed by atoms with Crippen LogP contribution in [0.4, 0.5) is 5.69 Å². The molecule has 1 fully saturated rings. The van der Waals surface area contributed by atoms with Crippen molar-refractivity contribution in [3.63, 3.8) is 0 Å². The van der Waals surface area contributed by atoms with E-state index in [1.807, 2.05) is 24.3 Å². The molecule has 31 heavy (non-hydrogen) atoms. The largest absolute Gasteiger partial charge is 0.497 e. The Morgan fingerprint density at radius 3 is 2.39 bits per heavy atom. The number of ether oxygens (including phenoxy) is 3. The first-order valence-electron chi connectivity index (χ1n) is 9.60. The fourth-order valence-corrected chi connectivity index (χ4v) is 3.74. The molecule has 1 heterocycles. The van der Waals surface area contributed by atoms with E-state index in [9.17, 15) is 9.59 Å². The molecule has 0 bridgehead atoms. The normalized spacial score (nSPS) is 18.1. The maximum absolute atomic E-state index is 12.4. The monoisotopic (exact) mass is 446 g/mol. The van der Waals surface area contributed by atoms with Gasteiger partial charge in [0.1, 0.15) is 17.3 Å². The van der Waals surface area contributed by atoms with Crippen LogP contribution >= 0.6 is 11.8 Å². The molecule has 4 N–H and O–H groups in total. The fourth-order valence-electron chi connectivity index (χ4n) is 3.00.